The van der Waals surface area contributed by atoms with Gasteiger partial charge in [0.05, 0.1) is 11.9 Å². The highest BCUT2D eigenvalue weighted by Crippen LogP contribution is 2.17. The minimum absolute atomic E-state index is 0.138. The third-order valence-electron chi connectivity index (χ3n) is 2.90. The van der Waals surface area contributed by atoms with E-state index in [1.54, 1.807) is 13.1 Å². The quantitative estimate of drug-likeness (QED) is 0.851. The zero-order chi connectivity index (χ0) is 15.4. The second kappa shape index (κ2) is 6.08. The smallest absolute Gasteiger partial charge is 0.269 e. The Morgan fingerprint density at radius 2 is 2.10 bits per heavy atom. The Hall–Kier alpha value is -2.83. The van der Waals surface area contributed by atoms with Crippen LogP contribution in [0.2, 0.25) is 0 Å². The van der Waals surface area contributed by atoms with Crippen LogP contribution in [0.1, 0.15) is 16.1 Å². The third-order valence-corrected chi connectivity index (χ3v) is 2.90. The molecule has 0 radical (unpaired) electrons. The summed E-state index contributed by atoms with van der Waals surface area (Å²) < 4.78 is 6.73. The Kier molecular flexibility index (Phi) is 4.22. The molecule has 0 saturated carbocycles. The Morgan fingerprint density at radius 1 is 1.38 bits per heavy atom. The first-order valence-electron chi connectivity index (χ1n) is 6.29. The van der Waals surface area contributed by atoms with Crippen LogP contribution in [0.4, 0.5) is 5.69 Å². The summed E-state index contributed by atoms with van der Waals surface area (Å²) in [7, 11) is 1.57. The molecule has 1 aromatic carbocycles. The van der Waals surface area contributed by atoms with Gasteiger partial charge in [0.15, 0.2) is 6.61 Å². The van der Waals surface area contributed by atoms with E-state index in [9.17, 15) is 9.59 Å². The summed E-state index contributed by atoms with van der Waals surface area (Å²) in [5.74, 6) is -0.423. The molecule has 0 aliphatic carbocycles. The number of para-hydroxylation sites is 1. The molecule has 110 valence electrons. The van der Waals surface area contributed by atoms with Crippen LogP contribution in [0.3, 0.4) is 0 Å². The van der Waals surface area contributed by atoms with E-state index in [1.165, 1.54) is 10.9 Å². The predicted molar refractivity (Wildman–Crippen MR) is 77.0 cm³/mol. The molecule has 2 amide bonds. The van der Waals surface area contributed by atoms with Gasteiger partial charge >= 0.3 is 0 Å². The average molecular weight is 288 g/mol. The normalized spacial score (nSPS) is 10.2. The van der Waals surface area contributed by atoms with Crippen LogP contribution in [0.5, 0.6) is 5.75 Å². The van der Waals surface area contributed by atoms with Crippen molar-refractivity contribution in [2.45, 2.75) is 6.92 Å². The molecule has 0 spiro atoms. The molecular weight excluding hydrogens is 272 g/mol. The van der Waals surface area contributed by atoms with Crippen molar-refractivity contribution in [1.82, 2.24) is 9.78 Å². The third kappa shape index (κ3) is 3.38. The van der Waals surface area contributed by atoms with Crippen molar-refractivity contribution < 1.29 is 14.3 Å². The van der Waals surface area contributed by atoms with Gasteiger partial charge in [-0.15, -0.1) is 0 Å². The zero-order valence-corrected chi connectivity index (χ0v) is 11.8. The number of nitrogens with two attached hydrogens (primary N) is 1. The maximum Gasteiger partial charge on any atom is 0.269 e. The van der Waals surface area contributed by atoms with Gasteiger partial charge in [-0.25, -0.2) is 0 Å². The summed E-state index contributed by atoms with van der Waals surface area (Å²) in [5, 5.41) is 6.44. The van der Waals surface area contributed by atoms with Gasteiger partial charge < -0.3 is 15.8 Å². The Balaban J connectivity index is 2.00. The first kappa shape index (κ1) is 14.6. The molecule has 0 unspecified atom stereocenters. The Bertz CT molecular complexity index is 679. The van der Waals surface area contributed by atoms with Crippen molar-refractivity contribution in [3.63, 3.8) is 0 Å². The van der Waals surface area contributed by atoms with E-state index in [-0.39, 0.29) is 18.0 Å². The summed E-state index contributed by atoms with van der Waals surface area (Å²) in [6.07, 6.45) is 1.37. The molecule has 7 heteroatoms. The number of benzene rings is 1. The summed E-state index contributed by atoms with van der Waals surface area (Å²) in [6.45, 7) is 1.72. The number of carbonyl (C=O) groups excluding carboxylic acids is 2. The van der Waals surface area contributed by atoms with Gasteiger partial charge in [-0.1, -0.05) is 18.2 Å². The van der Waals surface area contributed by atoms with Gasteiger partial charge in [0.25, 0.3) is 11.8 Å². The van der Waals surface area contributed by atoms with E-state index in [0.717, 1.165) is 5.56 Å². The number of aryl methyl sites for hydroxylation is 2. The summed E-state index contributed by atoms with van der Waals surface area (Å²) in [6, 6.07) is 7.38. The fourth-order valence-corrected chi connectivity index (χ4v) is 1.87. The minimum atomic E-state index is -0.662. The van der Waals surface area contributed by atoms with E-state index in [4.69, 9.17) is 10.5 Å². The molecule has 2 rings (SSSR count). The molecule has 0 fully saturated rings. The number of nitrogens with one attached hydrogen (secondary N) is 1. The molecule has 0 atom stereocenters. The van der Waals surface area contributed by atoms with Gasteiger partial charge in [-0.2, -0.15) is 5.10 Å². The number of ether oxygens (including phenoxy) is 1. The first-order valence-corrected chi connectivity index (χ1v) is 6.29. The fraction of sp³-hybridized carbons (Fsp3) is 0.214. The van der Waals surface area contributed by atoms with E-state index >= 15 is 0 Å². The lowest BCUT2D eigenvalue weighted by Crippen LogP contribution is -2.23. The molecule has 0 aliphatic heterocycles. The minimum Gasteiger partial charge on any atom is -0.483 e. The van der Waals surface area contributed by atoms with Crippen LogP contribution in [0.25, 0.3) is 0 Å². The summed E-state index contributed by atoms with van der Waals surface area (Å²) in [5.41, 5.74) is 6.58. The first-order chi connectivity index (χ1) is 9.99. The number of amides is 2. The Morgan fingerprint density at radius 3 is 2.76 bits per heavy atom. The number of carbonyl (C=O) groups is 2. The molecule has 2 aromatic rings. The second-order valence-electron chi connectivity index (χ2n) is 4.50. The molecule has 0 aliphatic rings. The highest BCUT2D eigenvalue weighted by molar-refractivity contribution is 6.01. The summed E-state index contributed by atoms with van der Waals surface area (Å²) >= 11 is 0. The van der Waals surface area contributed by atoms with E-state index in [2.05, 4.69) is 10.4 Å². The van der Waals surface area contributed by atoms with Crippen molar-refractivity contribution in [2.75, 3.05) is 11.9 Å². The maximum atomic E-state index is 11.9. The number of hydrogen-bond acceptors (Lipinski definition) is 4. The van der Waals surface area contributed by atoms with Crippen LogP contribution in [0.15, 0.2) is 30.5 Å². The number of aromatic nitrogens is 2. The van der Waals surface area contributed by atoms with Crippen LogP contribution in [0, 0.1) is 6.92 Å². The number of nitrogens with zero attached hydrogens (tertiary/aromatic N) is 2. The predicted octanol–water partition coefficient (Wildman–Crippen LogP) is 0.845. The fourth-order valence-electron chi connectivity index (χ4n) is 1.87. The lowest BCUT2D eigenvalue weighted by Gasteiger charge is -2.09. The standard InChI is InChI=1S/C14H16N4O3/c1-9-5-3-4-6-11(9)21-8-12(19)17-10-7-16-18(2)13(10)14(15)20/h3-7H,8H2,1-2H3,(H2,15,20)(H,17,19). The molecule has 1 aromatic heterocycles. The van der Waals surface area contributed by atoms with E-state index in [1.807, 2.05) is 25.1 Å². The Labute approximate surface area is 121 Å². The average Bonchev–Trinajstić information content (AvgIpc) is 2.79. The van der Waals surface area contributed by atoms with E-state index in [0.29, 0.717) is 5.75 Å². The van der Waals surface area contributed by atoms with Crippen molar-refractivity contribution in [1.29, 1.82) is 0 Å². The number of primary amides is 1. The summed E-state index contributed by atoms with van der Waals surface area (Å²) in [4.78, 5) is 23.1. The van der Waals surface area contributed by atoms with Crippen molar-refractivity contribution in [3.05, 3.63) is 41.7 Å². The number of anilines is 1. The topological polar surface area (TPSA) is 99.2 Å². The van der Waals surface area contributed by atoms with Gasteiger partial charge in [0.2, 0.25) is 0 Å². The van der Waals surface area contributed by atoms with Crippen LogP contribution in [-0.2, 0) is 11.8 Å². The monoisotopic (exact) mass is 288 g/mol. The molecule has 21 heavy (non-hydrogen) atoms. The van der Waals surface area contributed by atoms with Crippen LogP contribution in [-0.4, -0.2) is 28.2 Å². The van der Waals surface area contributed by atoms with Crippen LogP contribution < -0.4 is 15.8 Å². The van der Waals surface area contributed by atoms with E-state index < -0.39 is 11.8 Å². The van der Waals surface area contributed by atoms with Gasteiger partial charge in [-0.05, 0) is 18.6 Å². The second-order valence-corrected chi connectivity index (χ2v) is 4.50. The van der Waals surface area contributed by atoms with Crippen LogP contribution >= 0.6 is 0 Å². The molecule has 0 bridgehead atoms. The lowest BCUT2D eigenvalue weighted by atomic mass is 10.2. The largest absolute Gasteiger partial charge is 0.483 e. The van der Waals surface area contributed by atoms with Crippen molar-refractivity contribution in [2.24, 2.45) is 12.8 Å². The van der Waals surface area contributed by atoms with Crippen molar-refractivity contribution >= 4 is 17.5 Å². The number of hydrogen-bond donors (Lipinski definition) is 2. The molecule has 0 saturated heterocycles. The molecule has 3 N–H and O–H groups in total. The lowest BCUT2D eigenvalue weighted by molar-refractivity contribution is -0.118. The SMILES string of the molecule is Cc1ccccc1OCC(=O)Nc1cnn(C)c1C(N)=O. The molecule has 1 heterocycles. The van der Waals surface area contributed by atoms with Gasteiger partial charge in [0, 0.05) is 7.05 Å². The molecule has 7 nitrogen and oxygen atoms in total. The maximum absolute atomic E-state index is 11.9. The molecular formula is C14H16N4O3. The van der Waals surface area contributed by atoms with Gasteiger partial charge in [0.1, 0.15) is 11.4 Å². The van der Waals surface area contributed by atoms with Crippen molar-refractivity contribution in [3.8, 4) is 5.75 Å². The van der Waals surface area contributed by atoms with Gasteiger partial charge in [-0.3, -0.25) is 14.3 Å². The zero-order valence-electron chi connectivity index (χ0n) is 11.8. The highest BCUT2D eigenvalue weighted by Gasteiger charge is 2.16. The highest BCUT2D eigenvalue weighted by atomic mass is 16.5. The number of rotatable bonds is 5.